The summed E-state index contributed by atoms with van der Waals surface area (Å²) in [6, 6.07) is 11.7. The molecule has 1 saturated carbocycles. The van der Waals surface area contributed by atoms with Crippen LogP contribution in [-0.2, 0) is 0 Å². The fourth-order valence-electron chi connectivity index (χ4n) is 3.14. The molecule has 0 N–H and O–H groups in total. The van der Waals surface area contributed by atoms with Crippen LogP contribution in [0.15, 0.2) is 24.3 Å². The molecule has 1 aromatic rings. The Morgan fingerprint density at radius 3 is 2.41 bits per heavy atom. The van der Waals surface area contributed by atoms with Crippen molar-refractivity contribution >= 4 is 0 Å². The predicted molar refractivity (Wildman–Crippen MR) is 74.1 cm³/mol. The maximum absolute atomic E-state index is 3.11. The summed E-state index contributed by atoms with van der Waals surface area (Å²) >= 11 is 0. The van der Waals surface area contributed by atoms with E-state index >= 15 is 0 Å². The highest BCUT2D eigenvalue weighted by atomic mass is 14.3. The predicted octanol–water partition coefficient (Wildman–Crippen LogP) is 5.34. The lowest BCUT2D eigenvalue weighted by Gasteiger charge is -2.28. The van der Waals surface area contributed by atoms with Crippen molar-refractivity contribution in [2.45, 2.75) is 64.2 Å². The van der Waals surface area contributed by atoms with Gasteiger partial charge in [0, 0.05) is 0 Å². The Hall–Kier alpha value is -0.780. The van der Waals surface area contributed by atoms with Gasteiger partial charge in [0.25, 0.3) is 0 Å². The standard InChI is InChI=1S/C17H25/c1-2-3-5-8-15-11-13-17(14-12-15)16-9-6-4-7-10-16/h6-7,9-10,15,17H,2-3,5,8,11-14H2,1H3. The van der Waals surface area contributed by atoms with E-state index < -0.39 is 0 Å². The first-order valence-corrected chi connectivity index (χ1v) is 7.36. The maximum Gasteiger partial charge on any atom is -0.0162 e. The Balaban J connectivity index is 1.74. The quantitative estimate of drug-likeness (QED) is 0.598. The van der Waals surface area contributed by atoms with E-state index in [0.29, 0.717) is 0 Å². The van der Waals surface area contributed by atoms with Crippen LogP contribution in [0.3, 0.4) is 0 Å². The molecule has 17 heavy (non-hydrogen) atoms. The summed E-state index contributed by atoms with van der Waals surface area (Å²) in [6.07, 6.45) is 11.4. The van der Waals surface area contributed by atoms with Crippen LogP contribution in [0.5, 0.6) is 0 Å². The number of unbranched alkanes of at least 4 members (excludes halogenated alkanes) is 2. The van der Waals surface area contributed by atoms with E-state index in [4.69, 9.17) is 0 Å². The summed E-state index contributed by atoms with van der Waals surface area (Å²) in [5, 5.41) is 0. The largest absolute Gasteiger partial charge is 0.0654 e. The normalized spacial score (nSPS) is 24.8. The Labute approximate surface area is 106 Å². The van der Waals surface area contributed by atoms with Gasteiger partial charge < -0.3 is 0 Å². The van der Waals surface area contributed by atoms with Gasteiger partial charge in [-0.1, -0.05) is 56.9 Å². The van der Waals surface area contributed by atoms with Crippen molar-refractivity contribution in [1.29, 1.82) is 0 Å². The summed E-state index contributed by atoms with van der Waals surface area (Å²) < 4.78 is 0. The van der Waals surface area contributed by atoms with E-state index in [1.165, 1.54) is 56.9 Å². The summed E-state index contributed by atoms with van der Waals surface area (Å²) in [5.74, 6) is 1.85. The van der Waals surface area contributed by atoms with Gasteiger partial charge in [-0.3, -0.25) is 0 Å². The van der Waals surface area contributed by atoms with Crippen molar-refractivity contribution in [2.24, 2.45) is 5.92 Å². The van der Waals surface area contributed by atoms with Crippen molar-refractivity contribution in [1.82, 2.24) is 0 Å². The number of rotatable bonds is 5. The van der Waals surface area contributed by atoms with Crippen LogP contribution in [0.1, 0.15) is 69.8 Å². The molecular formula is C17H25. The average molecular weight is 229 g/mol. The summed E-state index contributed by atoms with van der Waals surface area (Å²) in [4.78, 5) is 0. The molecule has 1 radical (unpaired) electrons. The molecule has 0 unspecified atom stereocenters. The van der Waals surface area contributed by atoms with Crippen LogP contribution in [-0.4, -0.2) is 0 Å². The lowest BCUT2D eigenvalue weighted by atomic mass is 9.77. The Morgan fingerprint density at radius 1 is 1.06 bits per heavy atom. The molecule has 1 aliphatic carbocycles. The van der Waals surface area contributed by atoms with Gasteiger partial charge in [-0.25, -0.2) is 0 Å². The molecule has 1 fully saturated rings. The SMILES string of the molecule is CCCCCC1CCC(c2cc[c]cc2)CC1. The molecule has 2 rings (SSSR count). The van der Waals surface area contributed by atoms with Crippen LogP contribution in [0.2, 0.25) is 0 Å². The monoisotopic (exact) mass is 229 g/mol. The van der Waals surface area contributed by atoms with Crippen molar-refractivity contribution in [3.8, 4) is 0 Å². The van der Waals surface area contributed by atoms with Crippen LogP contribution in [0.25, 0.3) is 0 Å². The molecule has 0 amide bonds. The Morgan fingerprint density at radius 2 is 1.76 bits per heavy atom. The molecular weight excluding hydrogens is 204 g/mol. The highest BCUT2D eigenvalue weighted by Crippen LogP contribution is 2.37. The molecule has 0 atom stereocenters. The number of hydrogen-bond acceptors (Lipinski definition) is 0. The van der Waals surface area contributed by atoms with E-state index in [0.717, 1.165) is 11.8 Å². The molecule has 0 saturated heterocycles. The van der Waals surface area contributed by atoms with Crippen molar-refractivity contribution in [3.63, 3.8) is 0 Å². The van der Waals surface area contributed by atoms with Gasteiger partial charge in [0.1, 0.15) is 0 Å². The first kappa shape index (κ1) is 12.7. The first-order valence-electron chi connectivity index (χ1n) is 7.36. The molecule has 0 aliphatic heterocycles. The number of benzene rings is 1. The first-order chi connectivity index (χ1) is 8.40. The molecule has 0 nitrogen and oxygen atoms in total. The van der Waals surface area contributed by atoms with Gasteiger partial charge >= 0.3 is 0 Å². The summed E-state index contributed by atoms with van der Waals surface area (Å²) in [7, 11) is 0. The third-order valence-corrected chi connectivity index (χ3v) is 4.28. The lowest BCUT2D eigenvalue weighted by molar-refractivity contribution is 0.303. The highest BCUT2D eigenvalue weighted by Gasteiger charge is 2.21. The van der Waals surface area contributed by atoms with E-state index in [2.05, 4.69) is 37.3 Å². The van der Waals surface area contributed by atoms with E-state index in [1.807, 2.05) is 0 Å². The summed E-state index contributed by atoms with van der Waals surface area (Å²) in [5.41, 5.74) is 1.54. The topological polar surface area (TPSA) is 0 Å². The van der Waals surface area contributed by atoms with Gasteiger partial charge in [-0.05, 0) is 49.1 Å². The van der Waals surface area contributed by atoms with Crippen molar-refractivity contribution in [2.75, 3.05) is 0 Å². The van der Waals surface area contributed by atoms with Crippen molar-refractivity contribution < 1.29 is 0 Å². The zero-order chi connectivity index (χ0) is 11.9. The molecule has 0 heteroatoms. The zero-order valence-corrected chi connectivity index (χ0v) is 11.1. The molecule has 0 spiro atoms. The third kappa shape index (κ3) is 3.87. The van der Waals surface area contributed by atoms with E-state index in [-0.39, 0.29) is 0 Å². The molecule has 1 aromatic carbocycles. The van der Waals surface area contributed by atoms with E-state index in [1.54, 1.807) is 0 Å². The maximum atomic E-state index is 3.11. The van der Waals surface area contributed by atoms with Gasteiger partial charge in [0.05, 0.1) is 0 Å². The summed E-state index contributed by atoms with van der Waals surface area (Å²) in [6.45, 7) is 2.29. The van der Waals surface area contributed by atoms with Crippen molar-refractivity contribution in [3.05, 3.63) is 35.9 Å². The lowest BCUT2D eigenvalue weighted by Crippen LogP contribution is -2.13. The minimum Gasteiger partial charge on any atom is -0.0654 e. The van der Waals surface area contributed by atoms with Crippen LogP contribution >= 0.6 is 0 Å². The molecule has 0 aromatic heterocycles. The third-order valence-electron chi connectivity index (χ3n) is 4.28. The van der Waals surface area contributed by atoms with Crippen LogP contribution in [0, 0.1) is 12.0 Å². The van der Waals surface area contributed by atoms with Gasteiger partial charge in [0.15, 0.2) is 0 Å². The highest BCUT2D eigenvalue weighted by molar-refractivity contribution is 5.19. The van der Waals surface area contributed by atoms with E-state index in [9.17, 15) is 0 Å². The van der Waals surface area contributed by atoms with Gasteiger partial charge in [-0.15, -0.1) is 0 Å². The fourth-order valence-corrected chi connectivity index (χ4v) is 3.14. The second-order valence-corrected chi connectivity index (χ2v) is 5.55. The molecule has 93 valence electrons. The van der Waals surface area contributed by atoms with Gasteiger partial charge in [-0.2, -0.15) is 0 Å². The van der Waals surface area contributed by atoms with Gasteiger partial charge in [0.2, 0.25) is 0 Å². The van der Waals surface area contributed by atoms with Crippen LogP contribution < -0.4 is 0 Å². The second kappa shape index (κ2) is 6.83. The molecule has 1 aliphatic rings. The molecule has 0 bridgehead atoms. The number of hydrogen-bond donors (Lipinski definition) is 0. The Kier molecular flexibility index (Phi) is 5.09. The smallest absolute Gasteiger partial charge is 0.0162 e. The minimum absolute atomic E-state index is 0.826. The second-order valence-electron chi connectivity index (χ2n) is 5.55. The zero-order valence-electron chi connectivity index (χ0n) is 11.1. The average Bonchev–Trinajstić information content (AvgIpc) is 2.41. The Bertz CT molecular complexity index is 293. The van der Waals surface area contributed by atoms with Crippen LogP contribution in [0.4, 0.5) is 0 Å². The molecule has 0 heterocycles. The fraction of sp³-hybridized carbons (Fsp3) is 0.647. The minimum atomic E-state index is 0.826.